The molecule has 9 rings (SSSR count). The fraction of sp³-hybridized carbons (Fsp3) is 0. The zero-order chi connectivity index (χ0) is 34.0. The van der Waals surface area contributed by atoms with E-state index < -0.39 is 0 Å². The molecule has 240 valence electrons. The number of nitrogens with zero attached hydrogens (tertiary/aromatic N) is 1. The molecule has 0 aliphatic carbocycles. The average molecular weight is 650 g/mol. The van der Waals surface area contributed by atoms with Crippen LogP contribution in [-0.2, 0) is 0 Å². The Balaban J connectivity index is 1.15. The highest BCUT2D eigenvalue weighted by molar-refractivity contribution is 5.97. The number of anilines is 3. The van der Waals surface area contributed by atoms with Crippen molar-refractivity contribution in [3.63, 3.8) is 0 Å². The minimum absolute atomic E-state index is 1.10. The Morgan fingerprint density at radius 2 is 0.725 bits per heavy atom. The summed E-state index contributed by atoms with van der Waals surface area (Å²) in [7, 11) is 0. The Labute approximate surface area is 299 Å². The Morgan fingerprint density at radius 1 is 0.235 bits per heavy atom. The molecule has 0 saturated heterocycles. The van der Waals surface area contributed by atoms with E-state index in [0.717, 1.165) is 17.1 Å². The van der Waals surface area contributed by atoms with Gasteiger partial charge < -0.3 is 4.90 Å². The minimum atomic E-state index is 1.10. The van der Waals surface area contributed by atoms with Crippen molar-refractivity contribution >= 4 is 38.6 Å². The van der Waals surface area contributed by atoms with Crippen LogP contribution < -0.4 is 4.90 Å². The Morgan fingerprint density at radius 3 is 1.45 bits per heavy atom. The lowest BCUT2D eigenvalue weighted by molar-refractivity contribution is 1.28. The van der Waals surface area contributed by atoms with Crippen LogP contribution in [0.2, 0.25) is 0 Å². The van der Waals surface area contributed by atoms with Crippen LogP contribution in [0, 0.1) is 0 Å². The summed E-state index contributed by atoms with van der Waals surface area (Å²) < 4.78 is 0. The SMILES string of the molecule is c1ccc(-c2cccc(-c3cccc(N(c4ccc(-c5cccc6ccccc56)cc4)c4cccc(-c5ccc6ccccc6c5)c4)c3)c2)cc1. The molecule has 51 heavy (non-hydrogen) atoms. The number of hydrogen-bond donors (Lipinski definition) is 0. The summed E-state index contributed by atoms with van der Waals surface area (Å²) in [6.07, 6.45) is 0. The van der Waals surface area contributed by atoms with Gasteiger partial charge in [0.15, 0.2) is 0 Å². The molecule has 9 aromatic rings. The van der Waals surface area contributed by atoms with Gasteiger partial charge in [0.05, 0.1) is 0 Å². The number of benzene rings is 9. The average Bonchev–Trinajstić information content (AvgIpc) is 3.21. The maximum atomic E-state index is 2.38. The second-order valence-electron chi connectivity index (χ2n) is 13.0. The molecule has 0 bridgehead atoms. The van der Waals surface area contributed by atoms with Crippen molar-refractivity contribution in [1.29, 1.82) is 0 Å². The third-order valence-corrected chi connectivity index (χ3v) is 9.82. The van der Waals surface area contributed by atoms with E-state index in [1.54, 1.807) is 0 Å². The highest BCUT2D eigenvalue weighted by Gasteiger charge is 2.16. The molecular formula is C50H35N. The largest absolute Gasteiger partial charge is 0.310 e. The second-order valence-corrected chi connectivity index (χ2v) is 13.0. The number of hydrogen-bond acceptors (Lipinski definition) is 1. The monoisotopic (exact) mass is 649 g/mol. The van der Waals surface area contributed by atoms with Crippen LogP contribution >= 0.6 is 0 Å². The Hall–Kier alpha value is -6.70. The van der Waals surface area contributed by atoms with Gasteiger partial charge in [-0.05, 0) is 115 Å². The highest BCUT2D eigenvalue weighted by Crippen LogP contribution is 2.40. The first-order valence-electron chi connectivity index (χ1n) is 17.5. The van der Waals surface area contributed by atoms with E-state index in [0.29, 0.717) is 0 Å². The fourth-order valence-corrected chi connectivity index (χ4v) is 7.24. The molecule has 0 radical (unpaired) electrons. The molecule has 0 aliphatic rings. The van der Waals surface area contributed by atoms with E-state index in [2.05, 4.69) is 217 Å². The van der Waals surface area contributed by atoms with Crippen LogP contribution in [-0.4, -0.2) is 0 Å². The number of rotatable bonds is 7. The number of fused-ring (bicyclic) bond motifs is 2. The first kappa shape index (κ1) is 30.4. The van der Waals surface area contributed by atoms with Gasteiger partial charge in [0.2, 0.25) is 0 Å². The van der Waals surface area contributed by atoms with Gasteiger partial charge in [-0.2, -0.15) is 0 Å². The van der Waals surface area contributed by atoms with E-state index in [1.807, 2.05) is 0 Å². The molecule has 0 heterocycles. The van der Waals surface area contributed by atoms with E-state index in [-0.39, 0.29) is 0 Å². The van der Waals surface area contributed by atoms with Crippen LogP contribution in [0.5, 0.6) is 0 Å². The molecule has 0 fully saturated rings. The van der Waals surface area contributed by atoms with E-state index in [9.17, 15) is 0 Å². The fourth-order valence-electron chi connectivity index (χ4n) is 7.24. The van der Waals surface area contributed by atoms with Crippen LogP contribution in [0.4, 0.5) is 17.1 Å². The van der Waals surface area contributed by atoms with Gasteiger partial charge in [-0.25, -0.2) is 0 Å². The first-order chi connectivity index (χ1) is 25.3. The van der Waals surface area contributed by atoms with Crippen LogP contribution in [0.25, 0.3) is 66.1 Å². The molecule has 0 spiro atoms. The smallest absolute Gasteiger partial charge is 0.0467 e. The van der Waals surface area contributed by atoms with Gasteiger partial charge in [0.25, 0.3) is 0 Å². The quantitative estimate of drug-likeness (QED) is 0.166. The lowest BCUT2D eigenvalue weighted by atomic mass is 9.97. The molecule has 0 aromatic heterocycles. The third-order valence-electron chi connectivity index (χ3n) is 9.82. The Bertz CT molecular complexity index is 2630. The topological polar surface area (TPSA) is 3.24 Å². The van der Waals surface area contributed by atoms with Crippen molar-refractivity contribution in [2.75, 3.05) is 4.90 Å². The summed E-state index contributed by atoms with van der Waals surface area (Å²) in [4.78, 5) is 2.38. The zero-order valence-electron chi connectivity index (χ0n) is 28.2. The highest BCUT2D eigenvalue weighted by atomic mass is 15.1. The van der Waals surface area contributed by atoms with Crippen molar-refractivity contribution < 1.29 is 0 Å². The first-order valence-corrected chi connectivity index (χ1v) is 17.5. The van der Waals surface area contributed by atoms with Gasteiger partial charge in [-0.15, -0.1) is 0 Å². The van der Waals surface area contributed by atoms with Gasteiger partial charge in [0.1, 0.15) is 0 Å². The summed E-state index contributed by atoms with van der Waals surface area (Å²) >= 11 is 0. The van der Waals surface area contributed by atoms with Gasteiger partial charge in [-0.3, -0.25) is 0 Å². The molecule has 0 amide bonds. The summed E-state index contributed by atoms with van der Waals surface area (Å²) in [6.45, 7) is 0. The van der Waals surface area contributed by atoms with Gasteiger partial charge in [-0.1, -0.05) is 164 Å². The normalized spacial score (nSPS) is 11.1. The standard InChI is InChI=1S/C50H35N/c1-2-12-36(13-3-1)41-18-8-19-42(32-41)43-20-9-22-47(34-43)51(46-30-28-39(29-31-46)50-25-11-17-38-15-6-7-24-49(38)50)48-23-10-21-44(35-48)45-27-26-37-14-4-5-16-40(37)33-45/h1-35H. The van der Waals surface area contributed by atoms with Gasteiger partial charge >= 0.3 is 0 Å². The van der Waals surface area contributed by atoms with Crippen molar-refractivity contribution in [1.82, 2.24) is 0 Å². The molecule has 0 N–H and O–H groups in total. The van der Waals surface area contributed by atoms with E-state index in [1.165, 1.54) is 66.1 Å². The maximum Gasteiger partial charge on any atom is 0.0467 e. The van der Waals surface area contributed by atoms with Crippen molar-refractivity contribution in [3.8, 4) is 44.5 Å². The predicted molar refractivity (Wildman–Crippen MR) is 218 cm³/mol. The molecule has 1 heteroatoms. The van der Waals surface area contributed by atoms with E-state index >= 15 is 0 Å². The molecule has 0 saturated carbocycles. The molecule has 0 unspecified atom stereocenters. The summed E-state index contributed by atoms with van der Waals surface area (Å²) in [5.41, 5.74) is 12.9. The summed E-state index contributed by atoms with van der Waals surface area (Å²) in [5.74, 6) is 0. The predicted octanol–water partition coefficient (Wildman–Crippen LogP) is 14.1. The van der Waals surface area contributed by atoms with Crippen molar-refractivity contribution in [3.05, 3.63) is 212 Å². The maximum absolute atomic E-state index is 2.38. The second kappa shape index (κ2) is 13.3. The van der Waals surface area contributed by atoms with E-state index in [4.69, 9.17) is 0 Å². The van der Waals surface area contributed by atoms with Crippen molar-refractivity contribution in [2.45, 2.75) is 0 Å². The lowest BCUT2D eigenvalue weighted by Gasteiger charge is -2.27. The van der Waals surface area contributed by atoms with Crippen LogP contribution in [0.3, 0.4) is 0 Å². The lowest BCUT2D eigenvalue weighted by Crippen LogP contribution is -2.10. The van der Waals surface area contributed by atoms with Crippen molar-refractivity contribution in [2.24, 2.45) is 0 Å². The minimum Gasteiger partial charge on any atom is -0.310 e. The Kier molecular flexibility index (Phi) is 7.92. The zero-order valence-corrected chi connectivity index (χ0v) is 28.2. The van der Waals surface area contributed by atoms with Crippen LogP contribution in [0.15, 0.2) is 212 Å². The van der Waals surface area contributed by atoms with Crippen LogP contribution in [0.1, 0.15) is 0 Å². The third kappa shape index (κ3) is 6.07. The van der Waals surface area contributed by atoms with Gasteiger partial charge in [0, 0.05) is 17.1 Å². The molecule has 0 aliphatic heterocycles. The summed E-state index contributed by atoms with van der Waals surface area (Å²) in [6, 6.07) is 76.7. The molecular weight excluding hydrogens is 615 g/mol. The summed E-state index contributed by atoms with van der Waals surface area (Å²) in [5, 5.41) is 5.00. The molecule has 1 nitrogen and oxygen atoms in total. The molecule has 9 aromatic carbocycles. The molecule has 0 atom stereocenters.